The summed E-state index contributed by atoms with van der Waals surface area (Å²) < 4.78 is 0. The number of aliphatic imine (C=N–C) groups is 3. The molecule has 13 atom stereocenters. The van der Waals surface area contributed by atoms with Gasteiger partial charge in [0.15, 0.2) is 17.9 Å². The smallest absolute Gasteiger partial charge is 0.326 e. The maximum absolute atomic E-state index is 15.4. The predicted octanol–water partition coefficient (Wildman–Crippen LogP) is -4.70. The second-order valence-electron chi connectivity index (χ2n) is 24.8. The third-order valence-electron chi connectivity index (χ3n) is 18.0. The Hall–Kier alpha value is -9.17. The number of guanidine groups is 3. The van der Waals surface area contributed by atoms with Crippen molar-refractivity contribution in [3.8, 4) is 0 Å². The first-order valence-corrected chi connectivity index (χ1v) is 32.2. The van der Waals surface area contributed by atoms with E-state index in [1.165, 1.54) is 21.6 Å². The average Bonchev–Trinajstić information content (AvgIpc) is 1.61. The van der Waals surface area contributed by atoms with Crippen LogP contribution in [-0.4, -0.2) is 224 Å². The SMILES string of the molecule is CC(NC(=O)[C@@H]1C[C@H](O)CN1C(=O)[C@@H]1CCCN1C(=O)[C@H](CCCN=C(N)N)NC(=O)[C@H](N)CCCN=C(N)N)C(=O)N[C@@H](Cc1ccccc1)C(=O)N[C@@H](CO)C(=O)N1Cc2ccccc2C[C@@H]1C(=O)N1C2CCCCC2C[C@H]1C(=O)N[C@@H](CCCN=C(N)N)C(=O)O. The van der Waals surface area contributed by atoms with Crippen LogP contribution >= 0.6 is 0 Å². The lowest BCUT2D eigenvalue weighted by Gasteiger charge is -2.42. The van der Waals surface area contributed by atoms with Crippen molar-refractivity contribution in [3.05, 3.63) is 71.3 Å². The summed E-state index contributed by atoms with van der Waals surface area (Å²) in [5.41, 5.74) is 40.9. The van der Waals surface area contributed by atoms with Gasteiger partial charge < -0.3 is 102 Å². The van der Waals surface area contributed by atoms with Gasteiger partial charge >= 0.3 is 5.97 Å². The van der Waals surface area contributed by atoms with Gasteiger partial charge in [0.2, 0.25) is 53.2 Å². The number of benzene rings is 2. The molecule has 2 aromatic rings. The minimum atomic E-state index is -1.68. The van der Waals surface area contributed by atoms with E-state index in [-0.39, 0.29) is 127 Å². The number of fused-ring (bicyclic) bond motifs is 2. The molecule has 0 spiro atoms. The third-order valence-corrected chi connectivity index (χ3v) is 18.0. The Balaban J connectivity index is 1.05. The first kappa shape index (κ1) is 72.3. The minimum absolute atomic E-state index is 0.00294. The molecule has 0 bridgehead atoms. The van der Waals surface area contributed by atoms with Crippen molar-refractivity contribution in [2.45, 2.75) is 189 Å². The molecule has 0 radical (unpaired) electrons. The van der Waals surface area contributed by atoms with Crippen LogP contribution in [0, 0.1) is 5.92 Å². The van der Waals surface area contributed by atoms with E-state index in [1.54, 1.807) is 48.5 Å². The van der Waals surface area contributed by atoms with Crippen molar-refractivity contribution >= 4 is 77.0 Å². The number of carboxylic acids is 1. The Morgan fingerprint density at radius 1 is 0.574 bits per heavy atom. The zero-order valence-electron chi connectivity index (χ0n) is 53.1. The van der Waals surface area contributed by atoms with E-state index < -0.39 is 138 Å². The number of aliphatic hydroxyl groups excluding tert-OH is 2. The Labute approximate surface area is 545 Å². The zero-order valence-corrected chi connectivity index (χ0v) is 53.1. The molecule has 3 saturated heterocycles. The quantitative estimate of drug-likeness (QED) is 0.0199. The molecule has 32 heteroatoms. The van der Waals surface area contributed by atoms with Crippen LogP contribution in [0.5, 0.6) is 0 Å². The van der Waals surface area contributed by atoms with Crippen molar-refractivity contribution in [3.63, 3.8) is 0 Å². The number of β-amino-alcohol motifs (C(OH)–C–C–N with tert-alkyl or cyclic N) is 1. The first-order valence-electron chi connectivity index (χ1n) is 32.2. The number of carbonyl (C=O) groups excluding carboxylic acids is 9. The summed E-state index contributed by atoms with van der Waals surface area (Å²) in [4.78, 5) is 160. The fourth-order valence-corrected chi connectivity index (χ4v) is 13.3. The number of likely N-dealkylation sites (tertiary alicyclic amines) is 3. The maximum atomic E-state index is 15.4. The average molecular weight is 1310 g/mol. The molecule has 7 rings (SSSR count). The number of nitrogens with zero attached hydrogens (tertiary/aromatic N) is 7. The number of hydrogen-bond donors (Lipinski definition) is 15. The molecule has 32 nitrogen and oxygen atoms in total. The normalized spacial score (nSPS) is 22.5. The van der Waals surface area contributed by atoms with Gasteiger partial charge in [-0.2, -0.15) is 0 Å². The summed E-state index contributed by atoms with van der Waals surface area (Å²) >= 11 is 0. The van der Waals surface area contributed by atoms with Gasteiger partial charge in [0.1, 0.15) is 54.4 Å². The van der Waals surface area contributed by atoms with Gasteiger partial charge in [-0.1, -0.05) is 67.4 Å². The van der Waals surface area contributed by atoms with Gasteiger partial charge in [-0.25, -0.2) is 4.79 Å². The molecular weight excluding hydrogens is 1220 g/mol. The topological polar surface area (TPSA) is 524 Å². The molecule has 4 fully saturated rings. The van der Waals surface area contributed by atoms with Gasteiger partial charge in [-0.15, -0.1) is 0 Å². The lowest BCUT2D eigenvalue weighted by atomic mass is 9.84. The summed E-state index contributed by atoms with van der Waals surface area (Å²) in [5, 5.41) is 45.4. The summed E-state index contributed by atoms with van der Waals surface area (Å²) in [6.45, 7) is 0.564. The van der Waals surface area contributed by atoms with Crippen LogP contribution in [-0.2, 0) is 67.3 Å². The van der Waals surface area contributed by atoms with Crippen LogP contribution in [0.2, 0.25) is 0 Å². The Kier molecular flexibility index (Phi) is 26.2. The fourth-order valence-electron chi connectivity index (χ4n) is 13.3. The molecule has 3 unspecified atom stereocenters. The molecule has 4 heterocycles. The molecule has 9 amide bonds. The highest BCUT2D eigenvalue weighted by atomic mass is 16.4. The number of aliphatic carboxylic acids is 1. The molecule has 0 aromatic heterocycles. The standard InChI is InChI=1S/C62H93N19O13/c1-34(73-53(87)47-30-39(83)32-80(47)57(91)46-22-12-26-78(46)55(89)41(19-10-24-71-61(66)67)74-51(85)40(63)18-9-23-70-60(64)65)50(84)76-43(27-35-13-3-2-4-14-35)52(86)77-44(33-82)56(90)79-31-38-17-6-5-15-36(38)28-49(79)58(92)81-45-21-8-7-16-37(45)29-48(81)54(88)75-42(59(93)94)20-11-25-72-62(68)69/h2-6,13-15,17,34,37,39-49,82-83H,7-12,16,18-33,63H2,1H3,(H,73,87)(H,74,85)(H,75,88)(H,76,84)(H,77,86)(H,93,94)(H4,64,65,70)(H4,66,67,71)(H4,68,69,72)/t34?,37?,39-,40+,41-,42-,43-,44-,45?,46-,47-,48-,49+/m0/s1. The summed E-state index contributed by atoms with van der Waals surface area (Å²) in [6, 6.07) is 2.53. The zero-order chi connectivity index (χ0) is 68.3. The monoisotopic (exact) mass is 1310 g/mol. The highest BCUT2D eigenvalue weighted by molar-refractivity contribution is 5.99. The second kappa shape index (κ2) is 34.1. The van der Waals surface area contributed by atoms with Crippen LogP contribution in [0.4, 0.5) is 0 Å². The van der Waals surface area contributed by atoms with Crippen LogP contribution in [0.1, 0.15) is 114 Å². The number of carboxylic acid groups (broad SMARTS) is 1. The summed E-state index contributed by atoms with van der Waals surface area (Å²) in [5.74, 6) is -8.40. The number of carbonyl (C=O) groups is 10. The number of rotatable bonds is 30. The predicted molar refractivity (Wildman–Crippen MR) is 344 cm³/mol. The number of hydrogen-bond acceptors (Lipinski definition) is 16. The Morgan fingerprint density at radius 3 is 1.79 bits per heavy atom. The lowest BCUT2D eigenvalue weighted by molar-refractivity contribution is -0.153. The fraction of sp³-hybridized carbons (Fsp3) is 0.597. The van der Waals surface area contributed by atoms with Gasteiger partial charge in [-0.3, -0.25) is 58.1 Å². The Morgan fingerprint density at radius 2 is 1.15 bits per heavy atom. The highest BCUT2D eigenvalue weighted by Gasteiger charge is 2.52. The molecular formula is C62H93N19O13. The number of amides is 9. The number of nitrogens with one attached hydrogen (secondary N) is 5. The van der Waals surface area contributed by atoms with Crippen LogP contribution < -0.4 is 66.7 Å². The summed E-state index contributed by atoms with van der Waals surface area (Å²) in [7, 11) is 0. The van der Waals surface area contributed by atoms with Crippen LogP contribution in [0.25, 0.3) is 0 Å². The van der Waals surface area contributed by atoms with Crippen molar-refractivity contribution < 1.29 is 63.3 Å². The van der Waals surface area contributed by atoms with E-state index in [9.17, 15) is 53.7 Å². The van der Waals surface area contributed by atoms with Crippen LogP contribution in [0.15, 0.2) is 69.6 Å². The third kappa shape index (κ3) is 19.2. The minimum Gasteiger partial charge on any atom is -0.480 e. The van der Waals surface area contributed by atoms with E-state index in [0.717, 1.165) is 29.7 Å². The molecule has 22 N–H and O–H groups in total. The van der Waals surface area contributed by atoms with E-state index in [1.807, 2.05) is 6.07 Å². The molecule has 514 valence electrons. The van der Waals surface area contributed by atoms with Gasteiger partial charge in [0, 0.05) is 64.6 Å². The molecule has 1 aliphatic carbocycles. The largest absolute Gasteiger partial charge is 0.480 e. The molecule has 1 saturated carbocycles. The van der Waals surface area contributed by atoms with E-state index in [4.69, 9.17) is 40.1 Å². The van der Waals surface area contributed by atoms with Crippen molar-refractivity contribution in [2.75, 3.05) is 39.3 Å². The molecule has 2 aromatic carbocycles. The molecule has 4 aliphatic heterocycles. The van der Waals surface area contributed by atoms with Gasteiger partial charge in [0.25, 0.3) is 0 Å². The van der Waals surface area contributed by atoms with Gasteiger partial charge in [-0.05, 0) is 100 Å². The van der Waals surface area contributed by atoms with E-state index >= 15 is 9.59 Å². The second-order valence-corrected chi connectivity index (χ2v) is 24.8. The van der Waals surface area contributed by atoms with Crippen molar-refractivity contribution in [1.29, 1.82) is 0 Å². The van der Waals surface area contributed by atoms with Gasteiger partial charge in [0.05, 0.1) is 18.8 Å². The highest BCUT2D eigenvalue weighted by Crippen LogP contribution is 2.41. The van der Waals surface area contributed by atoms with Crippen molar-refractivity contribution in [2.24, 2.45) is 61.0 Å². The molecule has 94 heavy (non-hydrogen) atoms. The van der Waals surface area contributed by atoms with E-state index in [2.05, 4.69) is 41.6 Å². The number of nitrogens with two attached hydrogens (primary N) is 7. The maximum Gasteiger partial charge on any atom is 0.326 e. The summed E-state index contributed by atoms with van der Waals surface area (Å²) in [6.07, 6.45) is 3.29. The Bertz CT molecular complexity index is 3120. The van der Waals surface area contributed by atoms with Crippen LogP contribution in [0.3, 0.4) is 0 Å². The molecule has 5 aliphatic rings. The lowest BCUT2D eigenvalue weighted by Crippen LogP contribution is -2.63. The van der Waals surface area contributed by atoms with Crippen molar-refractivity contribution in [1.82, 2.24) is 46.2 Å². The van der Waals surface area contributed by atoms with E-state index in [0.29, 0.717) is 30.4 Å². The number of aliphatic hydroxyl groups is 2. The first-order chi connectivity index (χ1) is 44.9.